The molecular weight excluding hydrogens is 419 g/mol. The third-order valence-corrected chi connectivity index (χ3v) is 4.17. The molecule has 0 saturated carbocycles. The molecular formula is C16H17CuN2NaO5S. The van der Waals surface area contributed by atoms with Gasteiger partial charge in [-0.15, -0.1) is 10.2 Å². The molecule has 0 unspecified atom stereocenters. The topological polar surface area (TPSA) is 122 Å². The molecule has 2 rings (SSSR count). The number of benzene rings is 2. The second kappa shape index (κ2) is 9.32. The number of phenols is 2. The average Bonchev–Trinajstić information content (AvgIpc) is 2.45. The van der Waals surface area contributed by atoms with Gasteiger partial charge in [-0.1, -0.05) is 26.8 Å². The molecule has 0 aliphatic heterocycles. The summed E-state index contributed by atoms with van der Waals surface area (Å²) >= 11 is 0. The molecule has 2 aromatic carbocycles. The molecule has 1 radical (unpaired) electrons. The normalized spacial score (nSPS) is 11.7. The second-order valence-corrected chi connectivity index (χ2v) is 7.64. The molecule has 10 heteroatoms. The number of aromatic hydroxyl groups is 2. The van der Waals surface area contributed by atoms with Crippen molar-refractivity contribution >= 4 is 21.5 Å². The third-order valence-electron chi connectivity index (χ3n) is 3.34. The Morgan fingerprint density at radius 3 is 2.00 bits per heavy atom. The van der Waals surface area contributed by atoms with Gasteiger partial charge >= 0.3 is 29.6 Å². The largest absolute Gasteiger partial charge is 1.00 e. The summed E-state index contributed by atoms with van der Waals surface area (Å²) in [5.41, 5.74) is 0.715. The number of hydrogen-bond acceptors (Lipinski definition) is 7. The van der Waals surface area contributed by atoms with Gasteiger partial charge in [0.15, 0.2) is 0 Å². The Labute approximate surface area is 185 Å². The first-order valence-corrected chi connectivity index (χ1v) is 8.43. The summed E-state index contributed by atoms with van der Waals surface area (Å²) in [4.78, 5) is -0.526. The van der Waals surface area contributed by atoms with Gasteiger partial charge in [-0.2, -0.15) is 0 Å². The fourth-order valence-electron chi connectivity index (χ4n) is 1.92. The quantitative estimate of drug-likeness (QED) is 0.417. The molecule has 0 amide bonds. The van der Waals surface area contributed by atoms with E-state index in [1.165, 1.54) is 0 Å². The van der Waals surface area contributed by atoms with E-state index in [9.17, 15) is 23.2 Å². The summed E-state index contributed by atoms with van der Waals surface area (Å²) in [6.45, 7) is 5.99. The van der Waals surface area contributed by atoms with Crippen molar-refractivity contribution < 1.29 is 69.8 Å². The van der Waals surface area contributed by atoms with Crippen LogP contribution in [0.4, 0.5) is 11.4 Å². The summed E-state index contributed by atoms with van der Waals surface area (Å²) in [5, 5.41) is 27.2. The van der Waals surface area contributed by atoms with Crippen molar-refractivity contribution in [2.75, 3.05) is 0 Å². The van der Waals surface area contributed by atoms with Crippen LogP contribution in [0.25, 0.3) is 0 Å². The van der Waals surface area contributed by atoms with Crippen LogP contribution in [0.15, 0.2) is 51.5 Å². The monoisotopic (exact) mass is 435 g/mol. The molecule has 0 fully saturated rings. The van der Waals surface area contributed by atoms with Gasteiger partial charge in [0.1, 0.15) is 33.0 Å². The van der Waals surface area contributed by atoms with Gasteiger partial charge < -0.3 is 14.8 Å². The van der Waals surface area contributed by atoms with E-state index in [-0.39, 0.29) is 74.9 Å². The van der Waals surface area contributed by atoms with Gasteiger partial charge in [0.05, 0.1) is 4.90 Å². The Morgan fingerprint density at radius 1 is 0.923 bits per heavy atom. The Bertz CT molecular complexity index is 911. The molecule has 0 bridgehead atoms. The van der Waals surface area contributed by atoms with Gasteiger partial charge in [-0.05, 0) is 41.3 Å². The van der Waals surface area contributed by atoms with E-state index in [0.717, 1.165) is 23.8 Å². The fraction of sp³-hybridized carbons (Fsp3) is 0.250. The Hall–Kier alpha value is -0.931. The number of phenolic OH excluding ortho intramolecular Hbond substituents is 2. The van der Waals surface area contributed by atoms with E-state index in [1.807, 2.05) is 20.8 Å². The van der Waals surface area contributed by atoms with E-state index < -0.39 is 15.0 Å². The summed E-state index contributed by atoms with van der Waals surface area (Å²) in [6, 6.07) is 7.85. The van der Waals surface area contributed by atoms with Gasteiger partial charge in [0.2, 0.25) is 0 Å². The summed E-state index contributed by atoms with van der Waals surface area (Å²) < 4.78 is 33.0. The van der Waals surface area contributed by atoms with Gasteiger partial charge in [-0.3, -0.25) is 0 Å². The molecule has 0 atom stereocenters. The molecule has 7 nitrogen and oxygen atoms in total. The first kappa shape index (κ1) is 25.1. The molecule has 0 spiro atoms. The van der Waals surface area contributed by atoms with Crippen LogP contribution < -0.4 is 29.6 Å². The fourth-order valence-corrected chi connectivity index (χ4v) is 2.41. The maximum Gasteiger partial charge on any atom is 1.00 e. The van der Waals surface area contributed by atoms with E-state index in [0.29, 0.717) is 0 Å². The number of azo groups is 1. The minimum atomic E-state index is -4.67. The molecule has 0 heterocycles. The standard InChI is InChI=1S/C16H18N2O5S.Cu.Na/c1-16(2,3)10-4-6-12(15(20)8-10)17-18-13-9-11(24(21,22)23)5-7-14(13)19;;/h4-9,19-20H,1-3H3,(H,21,22,23);;/q;;+1/p-1. The van der Waals surface area contributed by atoms with Crippen molar-refractivity contribution in [3.8, 4) is 11.5 Å². The van der Waals surface area contributed by atoms with Crippen molar-refractivity contribution in [2.45, 2.75) is 31.1 Å². The van der Waals surface area contributed by atoms with Gasteiger partial charge in [0, 0.05) is 17.1 Å². The zero-order chi connectivity index (χ0) is 18.1. The minimum absolute atomic E-state index is 0. The van der Waals surface area contributed by atoms with Crippen LogP contribution in [0.1, 0.15) is 26.3 Å². The van der Waals surface area contributed by atoms with Crippen LogP contribution in [0.3, 0.4) is 0 Å². The second-order valence-electron chi connectivity index (χ2n) is 6.26. The first-order chi connectivity index (χ1) is 11.0. The molecule has 139 valence electrons. The Kier molecular flexibility index (Phi) is 8.99. The smallest absolute Gasteiger partial charge is 0.744 e. The Balaban J connectivity index is 0.00000312. The van der Waals surface area contributed by atoms with Crippen LogP contribution in [-0.2, 0) is 32.6 Å². The predicted octanol–water partition coefficient (Wildman–Crippen LogP) is 0.716. The third kappa shape index (κ3) is 6.35. The van der Waals surface area contributed by atoms with Crippen molar-refractivity contribution in [1.82, 2.24) is 0 Å². The average molecular weight is 436 g/mol. The molecule has 0 saturated heterocycles. The SMILES string of the molecule is CC(C)(C)c1ccc(N=Nc2cc(S(=O)(=O)[O-])ccc2O)c(O)c1.[Cu].[Na+]. The van der Waals surface area contributed by atoms with Crippen LogP contribution in [-0.4, -0.2) is 23.2 Å². The zero-order valence-electron chi connectivity index (χ0n) is 14.7. The minimum Gasteiger partial charge on any atom is -0.744 e. The van der Waals surface area contributed by atoms with E-state index in [2.05, 4.69) is 10.2 Å². The maximum atomic E-state index is 11.0. The Morgan fingerprint density at radius 2 is 1.50 bits per heavy atom. The summed E-state index contributed by atoms with van der Waals surface area (Å²) in [6.07, 6.45) is 0. The van der Waals surface area contributed by atoms with Crippen LogP contribution >= 0.6 is 0 Å². The van der Waals surface area contributed by atoms with E-state index in [4.69, 9.17) is 0 Å². The molecule has 2 aromatic rings. The number of nitrogens with zero attached hydrogens (tertiary/aromatic N) is 2. The van der Waals surface area contributed by atoms with Crippen LogP contribution in [0.5, 0.6) is 11.5 Å². The maximum absolute atomic E-state index is 11.0. The van der Waals surface area contributed by atoms with Crippen molar-refractivity contribution in [1.29, 1.82) is 0 Å². The molecule has 26 heavy (non-hydrogen) atoms. The molecule has 0 aromatic heterocycles. The van der Waals surface area contributed by atoms with Crippen molar-refractivity contribution in [2.24, 2.45) is 10.2 Å². The number of hydrogen-bond donors (Lipinski definition) is 2. The van der Waals surface area contributed by atoms with Gasteiger partial charge in [0.25, 0.3) is 0 Å². The molecule has 0 aliphatic carbocycles. The summed E-state index contributed by atoms with van der Waals surface area (Å²) in [7, 11) is -4.67. The molecule has 2 N–H and O–H groups in total. The van der Waals surface area contributed by atoms with Crippen LogP contribution in [0.2, 0.25) is 0 Å². The summed E-state index contributed by atoms with van der Waals surface area (Å²) in [5.74, 6) is -0.435. The van der Waals surface area contributed by atoms with E-state index >= 15 is 0 Å². The number of rotatable bonds is 3. The van der Waals surface area contributed by atoms with Crippen LogP contribution in [0, 0.1) is 0 Å². The van der Waals surface area contributed by atoms with Crippen molar-refractivity contribution in [3.63, 3.8) is 0 Å². The predicted molar refractivity (Wildman–Crippen MR) is 87.1 cm³/mol. The van der Waals surface area contributed by atoms with Gasteiger partial charge in [-0.25, -0.2) is 8.42 Å². The first-order valence-electron chi connectivity index (χ1n) is 7.02. The van der Waals surface area contributed by atoms with E-state index in [1.54, 1.807) is 18.2 Å². The molecule has 0 aliphatic rings. The van der Waals surface area contributed by atoms with Crippen molar-refractivity contribution in [3.05, 3.63) is 42.0 Å². The zero-order valence-corrected chi connectivity index (χ0v) is 18.4.